The van der Waals surface area contributed by atoms with Crippen LogP contribution in [0.3, 0.4) is 0 Å². The Bertz CT molecular complexity index is 769. The molecule has 0 atom stereocenters. The van der Waals surface area contributed by atoms with E-state index in [0.717, 1.165) is 11.6 Å². The summed E-state index contributed by atoms with van der Waals surface area (Å²) in [4.78, 5) is 4.46. The van der Waals surface area contributed by atoms with Crippen molar-refractivity contribution in [3.05, 3.63) is 52.1 Å². The Morgan fingerprint density at radius 1 is 1.05 bits per heavy atom. The Labute approximate surface area is 131 Å². The Kier molecular flexibility index (Phi) is 3.88. The molecule has 0 aliphatic carbocycles. The summed E-state index contributed by atoms with van der Waals surface area (Å²) in [6, 6.07) is 10.7. The molecule has 21 heavy (non-hydrogen) atoms. The number of hydrogen-bond acceptors (Lipinski definition) is 2. The monoisotopic (exact) mass is 345 g/mol. The van der Waals surface area contributed by atoms with Gasteiger partial charge in [-0.3, -0.25) is 0 Å². The van der Waals surface area contributed by atoms with Gasteiger partial charge in [-0.25, -0.2) is 0 Å². The van der Waals surface area contributed by atoms with Crippen LogP contribution >= 0.6 is 0 Å². The summed E-state index contributed by atoms with van der Waals surface area (Å²) in [6.07, 6.45) is 1.84. The van der Waals surface area contributed by atoms with Crippen molar-refractivity contribution in [1.82, 2.24) is 4.98 Å². The van der Waals surface area contributed by atoms with Gasteiger partial charge >= 0.3 is 131 Å². The van der Waals surface area contributed by atoms with E-state index in [1.54, 1.807) is 0 Å². The van der Waals surface area contributed by atoms with Crippen LogP contribution in [0.15, 0.2) is 36.5 Å². The second-order valence-corrected chi connectivity index (χ2v) is 8.04. The van der Waals surface area contributed by atoms with Gasteiger partial charge in [-0.1, -0.05) is 0 Å². The molecule has 2 heterocycles. The molecule has 0 bridgehead atoms. The molecule has 0 fully saturated rings. The molecule has 0 aliphatic heterocycles. The summed E-state index contributed by atoms with van der Waals surface area (Å²) in [6.45, 7) is 8.67. The zero-order chi connectivity index (χ0) is 15.0. The number of rotatable bonds is 3. The second-order valence-electron chi connectivity index (χ2n) is 5.76. The maximum absolute atomic E-state index is 6.08. The number of ether oxygens (including phenoxy) is 1. The van der Waals surface area contributed by atoms with Crippen molar-refractivity contribution in [2.24, 2.45) is 0 Å². The molecule has 3 heteroatoms. The second kappa shape index (κ2) is 5.67. The van der Waals surface area contributed by atoms with Crippen LogP contribution in [0.4, 0.5) is 0 Å². The molecule has 108 valence electrons. The fourth-order valence-corrected chi connectivity index (χ4v) is 4.69. The summed E-state index contributed by atoms with van der Waals surface area (Å²) in [5, 5.41) is 1.27. The molecule has 2 nitrogen and oxygen atoms in total. The third-order valence-corrected chi connectivity index (χ3v) is 6.42. The Morgan fingerprint density at radius 3 is 2.43 bits per heavy atom. The number of benzene rings is 1. The molecule has 3 rings (SSSR count). The molecule has 1 aromatic carbocycles. The number of nitrogens with zero attached hydrogens (tertiary/aromatic N) is 1. The van der Waals surface area contributed by atoms with Crippen LogP contribution in [0.25, 0.3) is 9.65 Å². The number of fused-ring (bicyclic) bond motifs is 1. The van der Waals surface area contributed by atoms with E-state index in [0.29, 0.717) is 20.4 Å². The van der Waals surface area contributed by atoms with E-state index in [2.05, 4.69) is 63.0 Å². The molecule has 0 aliphatic rings. The van der Waals surface area contributed by atoms with E-state index >= 15 is 0 Å². The Morgan fingerprint density at radius 2 is 1.76 bits per heavy atom. The SMILES string of the molecule is Cc1cc(C)cc(Oc2nccc3cc(C(C)C)[se]c23)c1. The van der Waals surface area contributed by atoms with E-state index in [9.17, 15) is 0 Å². The van der Waals surface area contributed by atoms with Crippen LogP contribution in [-0.4, -0.2) is 19.5 Å². The van der Waals surface area contributed by atoms with Crippen LogP contribution in [0.5, 0.6) is 11.6 Å². The zero-order valence-corrected chi connectivity index (χ0v) is 14.5. The van der Waals surface area contributed by atoms with Crippen molar-refractivity contribution in [2.45, 2.75) is 33.6 Å². The molecular weight excluding hydrogens is 325 g/mol. The molecule has 2 aromatic heterocycles. The van der Waals surface area contributed by atoms with Crippen LogP contribution in [0, 0.1) is 13.8 Å². The van der Waals surface area contributed by atoms with Gasteiger partial charge < -0.3 is 0 Å². The molecule has 3 aromatic rings. The van der Waals surface area contributed by atoms with Gasteiger partial charge in [0.15, 0.2) is 0 Å². The van der Waals surface area contributed by atoms with Crippen LogP contribution in [-0.2, 0) is 0 Å². The first-order valence-electron chi connectivity index (χ1n) is 7.17. The Balaban J connectivity index is 2.03. The predicted molar refractivity (Wildman–Crippen MR) is 88.8 cm³/mol. The molecule has 0 unspecified atom stereocenters. The molecule has 0 saturated carbocycles. The average molecular weight is 344 g/mol. The average Bonchev–Trinajstić information content (AvgIpc) is 2.82. The van der Waals surface area contributed by atoms with Gasteiger partial charge in [-0.15, -0.1) is 0 Å². The zero-order valence-electron chi connectivity index (χ0n) is 12.8. The van der Waals surface area contributed by atoms with Crippen molar-refractivity contribution in [3.63, 3.8) is 0 Å². The normalized spacial score (nSPS) is 11.3. The van der Waals surface area contributed by atoms with Gasteiger partial charge in [0.25, 0.3) is 0 Å². The first-order chi connectivity index (χ1) is 10.0. The topological polar surface area (TPSA) is 22.1 Å². The van der Waals surface area contributed by atoms with E-state index in [-0.39, 0.29) is 0 Å². The van der Waals surface area contributed by atoms with Gasteiger partial charge in [0.05, 0.1) is 0 Å². The molecule has 0 spiro atoms. The van der Waals surface area contributed by atoms with Gasteiger partial charge in [0, 0.05) is 0 Å². The first kappa shape index (κ1) is 14.4. The number of pyridine rings is 1. The quantitative estimate of drug-likeness (QED) is 0.635. The minimum absolute atomic E-state index is 0.325. The Hall–Kier alpha value is -1.57. The molecular formula is C18H19NOSe. The number of hydrogen-bond donors (Lipinski definition) is 0. The third kappa shape index (κ3) is 3.04. The van der Waals surface area contributed by atoms with Crippen LogP contribution in [0.2, 0.25) is 0 Å². The van der Waals surface area contributed by atoms with E-state index in [1.807, 2.05) is 6.20 Å². The van der Waals surface area contributed by atoms with E-state index in [4.69, 9.17) is 4.74 Å². The van der Waals surface area contributed by atoms with Gasteiger partial charge in [-0.2, -0.15) is 0 Å². The summed E-state index contributed by atoms with van der Waals surface area (Å²) < 4.78 is 8.86. The molecule has 0 saturated heterocycles. The first-order valence-corrected chi connectivity index (χ1v) is 8.89. The molecule has 0 N–H and O–H groups in total. The van der Waals surface area contributed by atoms with Crippen LogP contribution < -0.4 is 4.74 Å². The predicted octanol–water partition coefficient (Wildman–Crippen LogP) is 4.82. The van der Waals surface area contributed by atoms with E-state index < -0.39 is 0 Å². The summed E-state index contributed by atoms with van der Waals surface area (Å²) in [7, 11) is 0. The van der Waals surface area contributed by atoms with Crippen molar-refractivity contribution >= 4 is 24.1 Å². The van der Waals surface area contributed by atoms with E-state index in [1.165, 1.54) is 25.2 Å². The van der Waals surface area contributed by atoms with Gasteiger partial charge in [-0.05, 0) is 0 Å². The fraction of sp³-hybridized carbons (Fsp3) is 0.278. The van der Waals surface area contributed by atoms with Crippen molar-refractivity contribution in [2.75, 3.05) is 0 Å². The number of aryl methyl sites for hydroxylation is 2. The fourth-order valence-electron chi connectivity index (χ4n) is 2.42. The number of aromatic nitrogens is 1. The van der Waals surface area contributed by atoms with Gasteiger partial charge in [0.1, 0.15) is 0 Å². The van der Waals surface area contributed by atoms with Crippen molar-refractivity contribution in [1.29, 1.82) is 0 Å². The summed E-state index contributed by atoms with van der Waals surface area (Å²) in [5.74, 6) is 2.23. The summed E-state index contributed by atoms with van der Waals surface area (Å²) in [5.41, 5.74) is 2.42. The van der Waals surface area contributed by atoms with Crippen molar-refractivity contribution in [3.8, 4) is 11.6 Å². The summed E-state index contributed by atoms with van der Waals surface area (Å²) >= 11 is 0.325. The molecule has 0 radical (unpaired) electrons. The maximum atomic E-state index is 6.08. The van der Waals surface area contributed by atoms with Crippen molar-refractivity contribution < 1.29 is 4.74 Å². The molecule has 0 amide bonds. The standard InChI is InChI=1S/C18H19NOSe/c1-11(2)16-10-14-5-6-19-18(17(14)21-16)20-15-8-12(3)7-13(4)9-15/h5-11H,1-4H3. The third-order valence-electron chi connectivity index (χ3n) is 3.40. The van der Waals surface area contributed by atoms with Crippen LogP contribution in [0.1, 0.15) is 35.3 Å². The van der Waals surface area contributed by atoms with Gasteiger partial charge in [0.2, 0.25) is 0 Å². The minimum atomic E-state index is 0.325.